The molecule has 0 bridgehead atoms. The van der Waals surface area contributed by atoms with E-state index in [1.807, 2.05) is 18.2 Å². The van der Waals surface area contributed by atoms with Gasteiger partial charge in [0.1, 0.15) is 11.5 Å². The third-order valence-corrected chi connectivity index (χ3v) is 3.92. The summed E-state index contributed by atoms with van der Waals surface area (Å²) >= 11 is 0. The van der Waals surface area contributed by atoms with Crippen molar-refractivity contribution in [2.24, 2.45) is 0 Å². The van der Waals surface area contributed by atoms with Crippen LogP contribution in [-0.4, -0.2) is 24.1 Å². The topological polar surface area (TPSA) is 87.9 Å². The molecule has 0 aliphatic carbocycles. The van der Waals surface area contributed by atoms with Gasteiger partial charge in [0.15, 0.2) is 6.10 Å². The van der Waals surface area contributed by atoms with Crippen LogP contribution < -0.4 is 14.2 Å². The fraction of sp³-hybridized carbons (Fsp3) is 0.350. The van der Waals surface area contributed by atoms with Gasteiger partial charge in [0, 0.05) is 0 Å². The fourth-order valence-corrected chi connectivity index (χ4v) is 2.33. The van der Waals surface area contributed by atoms with E-state index in [9.17, 15) is 14.9 Å². The number of benzene rings is 2. The van der Waals surface area contributed by atoms with Crippen LogP contribution >= 0.6 is 0 Å². The highest BCUT2D eigenvalue weighted by atomic mass is 16.6. The number of hydrogen-bond donors (Lipinski definition) is 0. The van der Waals surface area contributed by atoms with Crippen LogP contribution in [0.5, 0.6) is 17.2 Å². The van der Waals surface area contributed by atoms with Crippen molar-refractivity contribution in [3.05, 3.63) is 58.1 Å². The summed E-state index contributed by atoms with van der Waals surface area (Å²) < 4.78 is 15.8. The smallest absolute Gasteiger partial charge is 0.352 e. The number of hydrogen-bond acceptors (Lipinski definition) is 6. The Balaban J connectivity index is 2.14. The second kappa shape index (κ2) is 8.07. The first kappa shape index (κ1) is 20.2. The Labute approximate surface area is 158 Å². The Morgan fingerprint density at radius 2 is 1.81 bits per heavy atom. The first-order chi connectivity index (χ1) is 12.6. The average molecular weight is 373 g/mol. The summed E-state index contributed by atoms with van der Waals surface area (Å²) in [6, 6.07) is 11.4. The predicted octanol–water partition coefficient (Wildman–Crippen LogP) is 4.27. The molecule has 0 fully saturated rings. The van der Waals surface area contributed by atoms with Gasteiger partial charge in [-0.25, -0.2) is 4.79 Å². The second-order valence-electron chi connectivity index (χ2n) is 7.05. The number of carbonyl (C=O) groups is 1. The summed E-state index contributed by atoms with van der Waals surface area (Å²) in [5.74, 6) is -0.0741. The minimum Gasteiger partial charge on any atom is -0.496 e. The molecule has 7 nitrogen and oxygen atoms in total. The monoisotopic (exact) mass is 373 g/mol. The third kappa shape index (κ3) is 5.20. The van der Waals surface area contributed by atoms with Crippen LogP contribution in [0.15, 0.2) is 42.5 Å². The lowest BCUT2D eigenvalue weighted by atomic mass is 9.87. The van der Waals surface area contributed by atoms with Crippen LogP contribution in [0.2, 0.25) is 0 Å². The minimum absolute atomic E-state index is 0.0627. The van der Waals surface area contributed by atoms with Gasteiger partial charge in [-0.15, -0.1) is 0 Å². The van der Waals surface area contributed by atoms with E-state index in [1.54, 1.807) is 6.07 Å². The van der Waals surface area contributed by atoms with Crippen LogP contribution in [0.3, 0.4) is 0 Å². The van der Waals surface area contributed by atoms with Crippen molar-refractivity contribution in [3.8, 4) is 17.2 Å². The molecule has 0 heterocycles. The van der Waals surface area contributed by atoms with Crippen molar-refractivity contribution in [2.75, 3.05) is 7.11 Å². The number of esters is 1. The van der Waals surface area contributed by atoms with Gasteiger partial charge in [0.2, 0.25) is 5.75 Å². The van der Waals surface area contributed by atoms with Crippen LogP contribution in [0.1, 0.15) is 33.3 Å². The summed E-state index contributed by atoms with van der Waals surface area (Å²) in [6.45, 7) is 7.76. The lowest BCUT2D eigenvalue weighted by Gasteiger charge is -2.20. The number of ether oxygens (including phenoxy) is 3. The Morgan fingerprint density at radius 3 is 2.41 bits per heavy atom. The molecule has 0 aliphatic rings. The van der Waals surface area contributed by atoms with E-state index in [0.29, 0.717) is 11.5 Å². The highest BCUT2D eigenvalue weighted by molar-refractivity contribution is 5.78. The summed E-state index contributed by atoms with van der Waals surface area (Å²) in [6.07, 6.45) is -0.943. The maximum Gasteiger partial charge on any atom is 0.352 e. The first-order valence-corrected chi connectivity index (χ1v) is 8.43. The van der Waals surface area contributed by atoms with Gasteiger partial charge in [0.05, 0.1) is 18.1 Å². The van der Waals surface area contributed by atoms with E-state index in [2.05, 4.69) is 20.8 Å². The van der Waals surface area contributed by atoms with Gasteiger partial charge in [-0.05, 0) is 42.2 Å². The maximum atomic E-state index is 12.3. The van der Waals surface area contributed by atoms with E-state index in [-0.39, 0.29) is 16.9 Å². The molecule has 7 heteroatoms. The second-order valence-corrected chi connectivity index (χ2v) is 7.05. The number of rotatable bonds is 6. The molecule has 2 aromatic rings. The van der Waals surface area contributed by atoms with Gasteiger partial charge in [-0.3, -0.25) is 10.1 Å². The summed E-state index contributed by atoms with van der Waals surface area (Å²) in [5, 5.41) is 11.2. The molecule has 0 amide bonds. The number of nitro groups is 1. The maximum absolute atomic E-state index is 12.3. The minimum atomic E-state index is -0.943. The van der Waals surface area contributed by atoms with Crippen LogP contribution in [0.25, 0.3) is 0 Å². The molecule has 0 aromatic heterocycles. The molecule has 0 saturated heterocycles. The van der Waals surface area contributed by atoms with Crippen LogP contribution in [0.4, 0.5) is 5.69 Å². The van der Waals surface area contributed by atoms with Crippen LogP contribution in [-0.2, 0) is 10.2 Å². The van der Waals surface area contributed by atoms with Gasteiger partial charge in [0.25, 0.3) is 0 Å². The number of carbonyl (C=O) groups excluding carboxylic acids is 1. The first-order valence-electron chi connectivity index (χ1n) is 8.43. The number of nitro benzene ring substituents is 1. The van der Waals surface area contributed by atoms with Gasteiger partial charge >= 0.3 is 11.7 Å². The van der Waals surface area contributed by atoms with Crippen molar-refractivity contribution in [3.63, 3.8) is 0 Å². The van der Waals surface area contributed by atoms with Gasteiger partial charge in [-0.2, -0.15) is 0 Å². The highest BCUT2D eigenvalue weighted by Crippen LogP contribution is 2.31. The zero-order valence-corrected chi connectivity index (χ0v) is 16.0. The molecule has 0 saturated carbocycles. The molecule has 0 N–H and O–H groups in total. The molecule has 1 unspecified atom stereocenters. The van der Waals surface area contributed by atoms with Crippen molar-refractivity contribution < 1.29 is 23.9 Å². The van der Waals surface area contributed by atoms with E-state index in [1.165, 1.54) is 32.2 Å². The Bertz CT molecular complexity index is 841. The molecule has 1 atom stereocenters. The molecule has 2 aromatic carbocycles. The Morgan fingerprint density at radius 1 is 1.11 bits per heavy atom. The number of methoxy groups -OCH3 is 1. The molecule has 144 valence electrons. The largest absolute Gasteiger partial charge is 0.496 e. The van der Waals surface area contributed by atoms with Crippen molar-refractivity contribution in [1.82, 2.24) is 0 Å². The zero-order valence-electron chi connectivity index (χ0n) is 16.0. The van der Waals surface area contributed by atoms with E-state index < -0.39 is 17.0 Å². The standard InChI is InChI=1S/C20H23NO6/c1-13(26-16-8-6-7-14(11-16)20(2,3)4)19(22)27-18-10-9-15(25-5)12-17(18)21(23)24/h6-13H,1-5H3. The molecular weight excluding hydrogens is 350 g/mol. The average Bonchev–Trinajstić information content (AvgIpc) is 2.61. The molecule has 0 radical (unpaired) electrons. The normalized spacial score (nSPS) is 12.2. The summed E-state index contributed by atoms with van der Waals surface area (Å²) in [4.78, 5) is 22.9. The third-order valence-electron chi connectivity index (χ3n) is 3.92. The van der Waals surface area contributed by atoms with Crippen LogP contribution in [0, 0.1) is 10.1 Å². The SMILES string of the molecule is COc1ccc(OC(=O)C(C)Oc2cccc(C(C)(C)C)c2)c([N+](=O)[O-])c1. The Hall–Kier alpha value is -3.09. The molecule has 2 rings (SSSR count). The molecule has 0 spiro atoms. The Kier molecular flexibility index (Phi) is 6.05. The van der Waals surface area contributed by atoms with Gasteiger partial charge in [-0.1, -0.05) is 32.9 Å². The highest BCUT2D eigenvalue weighted by Gasteiger charge is 2.24. The lowest BCUT2D eigenvalue weighted by molar-refractivity contribution is -0.385. The molecule has 0 aliphatic heterocycles. The zero-order chi connectivity index (χ0) is 20.2. The fourth-order valence-electron chi connectivity index (χ4n) is 2.33. The summed E-state index contributed by atoms with van der Waals surface area (Å²) in [7, 11) is 1.40. The van der Waals surface area contributed by atoms with E-state index >= 15 is 0 Å². The van der Waals surface area contributed by atoms with Crippen molar-refractivity contribution in [1.29, 1.82) is 0 Å². The lowest BCUT2D eigenvalue weighted by Crippen LogP contribution is -2.28. The quantitative estimate of drug-likeness (QED) is 0.325. The predicted molar refractivity (Wildman–Crippen MR) is 101 cm³/mol. The molecular formula is C20H23NO6. The van der Waals surface area contributed by atoms with Crippen molar-refractivity contribution in [2.45, 2.75) is 39.2 Å². The van der Waals surface area contributed by atoms with Crippen molar-refractivity contribution >= 4 is 11.7 Å². The summed E-state index contributed by atoms with van der Waals surface area (Å²) in [5.41, 5.74) is 0.642. The van der Waals surface area contributed by atoms with E-state index in [0.717, 1.165) is 5.56 Å². The van der Waals surface area contributed by atoms with Gasteiger partial charge < -0.3 is 14.2 Å². The van der Waals surface area contributed by atoms with E-state index in [4.69, 9.17) is 14.2 Å². The number of nitrogens with zero attached hydrogens (tertiary/aromatic N) is 1. The molecule has 27 heavy (non-hydrogen) atoms.